The van der Waals surface area contributed by atoms with Crippen LogP contribution in [0.4, 0.5) is 4.39 Å². The van der Waals surface area contributed by atoms with Crippen molar-refractivity contribution < 1.29 is 4.39 Å². The van der Waals surface area contributed by atoms with E-state index in [9.17, 15) is 4.39 Å². The fourth-order valence-corrected chi connectivity index (χ4v) is 2.31. The van der Waals surface area contributed by atoms with Crippen LogP contribution in [-0.2, 0) is 6.54 Å². The minimum absolute atomic E-state index is 0.183. The molecule has 1 aromatic carbocycles. The predicted octanol–water partition coefficient (Wildman–Crippen LogP) is 4.08. The van der Waals surface area contributed by atoms with Crippen molar-refractivity contribution in [2.24, 2.45) is 0 Å². The summed E-state index contributed by atoms with van der Waals surface area (Å²) in [6, 6.07) is 5.72. The van der Waals surface area contributed by atoms with E-state index in [1.165, 1.54) is 0 Å². The Morgan fingerprint density at radius 2 is 2.05 bits per heavy atom. The number of benzene rings is 1. The number of aryl methyl sites for hydroxylation is 1. The Hall–Kier alpha value is -1.68. The maximum atomic E-state index is 14.4. The minimum atomic E-state index is -0.183. The molecule has 0 amide bonds. The van der Waals surface area contributed by atoms with Crippen molar-refractivity contribution >= 4 is 0 Å². The highest BCUT2D eigenvalue weighted by Crippen LogP contribution is 2.27. The van der Waals surface area contributed by atoms with Crippen LogP contribution < -0.4 is 5.32 Å². The SMILES string of the molecule is CCCNCc1ccc(-c2cn(C(C)C)nc2C)c(F)c1. The van der Waals surface area contributed by atoms with Gasteiger partial charge < -0.3 is 5.32 Å². The van der Waals surface area contributed by atoms with E-state index in [0.29, 0.717) is 12.1 Å². The number of hydrogen-bond donors (Lipinski definition) is 1. The molecule has 0 unspecified atom stereocenters. The van der Waals surface area contributed by atoms with Crippen molar-refractivity contribution in [2.45, 2.75) is 46.7 Å². The molecule has 0 aliphatic rings. The molecule has 114 valence electrons. The number of nitrogens with zero attached hydrogens (tertiary/aromatic N) is 2. The Kier molecular flexibility index (Phi) is 5.12. The summed E-state index contributed by atoms with van der Waals surface area (Å²) >= 11 is 0. The number of hydrogen-bond acceptors (Lipinski definition) is 2. The van der Waals surface area contributed by atoms with Crippen LogP contribution in [0.3, 0.4) is 0 Å². The molecule has 21 heavy (non-hydrogen) atoms. The molecule has 2 aromatic rings. The molecular weight excluding hydrogens is 265 g/mol. The number of aromatic nitrogens is 2. The Balaban J connectivity index is 2.24. The second-order valence-corrected chi connectivity index (χ2v) is 5.69. The first-order valence-electron chi connectivity index (χ1n) is 7.58. The largest absolute Gasteiger partial charge is 0.313 e. The van der Waals surface area contributed by atoms with Crippen molar-refractivity contribution in [1.29, 1.82) is 0 Å². The van der Waals surface area contributed by atoms with Crippen molar-refractivity contribution in [1.82, 2.24) is 15.1 Å². The molecule has 1 heterocycles. The van der Waals surface area contributed by atoms with Gasteiger partial charge in [-0.1, -0.05) is 19.1 Å². The molecule has 2 rings (SSSR count). The summed E-state index contributed by atoms with van der Waals surface area (Å²) in [6.07, 6.45) is 3.00. The lowest BCUT2D eigenvalue weighted by Crippen LogP contribution is -2.13. The lowest BCUT2D eigenvalue weighted by molar-refractivity contribution is 0.529. The summed E-state index contributed by atoms with van der Waals surface area (Å²) in [6.45, 7) is 9.82. The highest BCUT2D eigenvalue weighted by Gasteiger charge is 2.13. The van der Waals surface area contributed by atoms with Gasteiger partial charge in [-0.2, -0.15) is 5.10 Å². The molecule has 0 saturated carbocycles. The highest BCUT2D eigenvalue weighted by molar-refractivity contribution is 5.66. The average molecular weight is 289 g/mol. The topological polar surface area (TPSA) is 29.9 Å². The summed E-state index contributed by atoms with van der Waals surface area (Å²) in [5, 5.41) is 7.73. The lowest BCUT2D eigenvalue weighted by atomic mass is 10.0. The first-order valence-corrected chi connectivity index (χ1v) is 7.58. The maximum absolute atomic E-state index is 14.4. The van der Waals surface area contributed by atoms with Gasteiger partial charge in [0.2, 0.25) is 0 Å². The molecule has 0 radical (unpaired) electrons. The lowest BCUT2D eigenvalue weighted by Gasteiger charge is -2.07. The van der Waals surface area contributed by atoms with Gasteiger partial charge in [-0.15, -0.1) is 0 Å². The van der Waals surface area contributed by atoms with Crippen LogP contribution in [0.15, 0.2) is 24.4 Å². The Morgan fingerprint density at radius 1 is 1.29 bits per heavy atom. The van der Waals surface area contributed by atoms with Gasteiger partial charge in [0.05, 0.1) is 5.69 Å². The van der Waals surface area contributed by atoms with Crippen molar-refractivity contribution in [3.05, 3.63) is 41.5 Å². The summed E-state index contributed by atoms with van der Waals surface area (Å²) in [4.78, 5) is 0. The molecule has 1 aromatic heterocycles. The average Bonchev–Trinajstić information content (AvgIpc) is 2.81. The smallest absolute Gasteiger partial charge is 0.131 e. The van der Waals surface area contributed by atoms with Crippen molar-refractivity contribution in [3.8, 4) is 11.1 Å². The van der Waals surface area contributed by atoms with E-state index in [1.54, 1.807) is 6.07 Å². The van der Waals surface area contributed by atoms with E-state index >= 15 is 0 Å². The van der Waals surface area contributed by atoms with Crippen LogP contribution in [0.2, 0.25) is 0 Å². The highest BCUT2D eigenvalue weighted by atomic mass is 19.1. The zero-order chi connectivity index (χ0) is 15.4. The van der Waals surface area contributed by atoms with E-state index in [4.69, 9.17) is 0 Å². The number of rotatable bonds is 6. The molecule has 3 nitrogen and oxygen atoms in total. The van der Waals surface area contributed by atoms with Gasteiger partial charge in [0.15, 0.2) is 0 Å². The Morgan fingerprint density at radius 3 is 2.62 bits per heavy atom. The van der Waals surface area contributed by atoms with Gasteiger partial charge in [-0.25, -0.2) is 4.39 Å². The van der Waals surface area contributed by atoms with Crippen LogP contribution in [0.1, 0.15) is 44.5 Å². The quantitative estimate of drug-likeness (QED) is 0.812. The van der Waals surface area contributed by atoms with Crippen molar-refractivity contribution in [3.63, 3.8) is 0 Å². The monoisotopic (exact) mass is 289 g/mol. The summed E-state index contributed by atoms with van der Waals surface area (Å²) in [5.74, 6) is -0.183. The predicted molar refractivity (Wildman–Crippen MR) is 84.7 cm³/mol. The zero-order valence-corrected chi connectivity index (χ0v) is 13.3. The van der Waals surface area contributed by atoms with Gasteiger partial charge in [-0.3, -0.25) is 4.68 Å². The maximum Gasteiger partial charge on any atom is 0.131 e. The summed E-state index contributed by atoms with van der Waals surface area (Å²) in [5.41, 5.74) is 3.32. The van der Waals surface area contributed by atoms with Gasteiger partial charge in [-0.05, 0) is 45.4 Å². The zero-order valence-electron chi connectivity index (χ0n) is 13.3. The molecule has 0 aliphatic heterocycles. The standard InChI is InChI=1S/C17H24FN3/c1-5-8-19-10-14-6-7-15(17(18)9-14)16-11-21(12(2)3)20-13(16)4/h6-7,9,11-12,19H,5,8,10H2,1-4H3. The fraction of sp³-hybridized carbons (Fsp3) is 0.471. The molecule has 0 aliphatic carbocycles. The van der Waals surface area contributed by atoms with Crippen LogP contribution in [-0.4, -0.2) is 16.3 Å². The molecule has 4 heteroatoms. The molecule has 0 atom stereocenters. The van der Waals surface area contributed by atoms with E-state index in [0.717, 1.165) is 29.8 Å². The Labute approximate surface area is 126 Å². The molecule has 0 bridgehead atoms. The summed E-state index contributed by atoms with van der Waals surface area (Å²) in [7, 11) is 0. The Bertz CT molecular complexity index is 602. The van der Waals surface area contributed by atoms with E-state index in [2.05, 4.69) is 31.2 Å². The van der Waals surface area contributed by atoms with Crippen LogP contribution in [0.25, 0.3) is 11.1 Å². The molecule has 0 fully saturated rings. The third-order valence-electron chi connectivity index (χ3n) is 3.53. The molecule has 0 spiro atoms. The minimum Gasteiger partial charge on any atom is -0.313 e. The molecule has 0 saturated heterocycles. The number of nitrogens with one attached hydrogen (secondary N) is 1. The van der Waals surface area contributed by atoms with E-state index in [1.807, 2.05) is 29.9 Å². The summed E-state index contributed by atoms with van der Waals surface area (Å²) < 4.78 is 16.2. The van der Waals surface area contributed by atoms with E-state index < -0.39 is 0 Å². The third-order valence-corrected chi connectivity index (χ3v) is 3.53. The van der Waals surface area contributed by atoms with E-state index in [-0.39, 0.29) is 11.9 Å². The second-order valence-electron chi connectivity index (χ2n) is 5.69. The first-order chi connectivity index (χ1) is 10.0. The van der Waals surface area contributed by atoms with Crippen LogP contribution >= 0.6 is 0 Å². The first kappa shape index (κ1) is 15.7. The second kappa shape index (κ2) is 6.85. The van der Waals surface area contributed by atoms with Gasteiger partial charge in [0, 0.05) is 29.9 Å². The van der Waals surface area contributed by atoms with Gasteiger partial charge in [0.1, 0.15) is 5.82 Å². The normalized spacial score (nSPS) is 11.3. The number of halogens is 1. The van der Waals surface area contributed by atoms with Gasteiger partial charge in [0.25, 0.3) is 0 Å². The van der Waals surface area contributed by atoms with Crippen LogP contribution in [0, 0.1) is 12.7 Å². The van der Waals surface area contributed by atoms with Gasteiger partial charge >= 0.3 is 0 Å². The van der Waals surface area contributed by atoms with Crippen LogP contribution in [0.5, 0.6) is 0 Å². The van der Waals surface area contributed by atoms with Crippen molar-refractivity contribution in [2.75, 3.05) is 6.54 Å². The third kappa shape index (κ3) is 3.70. The molecular formula is C17H24FN3. The fourth-order valence-electron chi connectivity index (χ4n) is 2.31. The molecule has 1 N–H and O–H groups in total.